The van der Waals surface area contributed by atoms with E-state index < -0.39 is 4.92 Å². The van der Waals surface area contributed by atoms with Crippen molar-refractivity contribution in [1.82, 2.24) is 4.98 Å². The molecular weight excluding hydrogens is 326 g/mol. The summed E-state index contributed by atoms with van der Waals surface area (Å²) in [5.74, 6) is 0.554. The van der Waals surface area contributed by atoms with Crippen LogP contribution >= 0.6 is 15.9 Å². The van der Waals surface area contributed by atoms with Crippen LogP contribution in [0.1, 0.15) is 5.56 Å². The monoisotopic (exact) mass is 337 g/mol. The summed E-state index contributed by atoms with van der Waals surface area (Å²) in [7, 11) is 1.56. The van der Waals surface area contributed by atoms with E-state index >= 15 is 0 Å². The first-order valence-electron chi connectivity index (χ1n) is 5.77. The molecule has 0 saturated carbocycles. The normalized spacial score (nSPS) is 10.1. The molecular formula is C13H12BrN3O3. The molecule has 0 amide bonds. The van der Waals surface area contributed by atoms with Crippen molar-refractivity contribution in [3.8, 4) is 5.88 Å². The van der Waals surface area contributed by atoms with Crippen molar-refractivity contribution in [2.75, 3.05) is 12.4 Å². The van der Waals surface area contributed by atoms with Crippen molar-refractivity contribution in [3.63, 3.8) is 0 Å². The van der Waals surface area contributed by atoms with Gasteiger partial charge in [0.15, 0.2) is 0 Å². The smallest absolute Gasteiger partial charge is 0.270 e. The average Bonchev–Trinajstić information content (AvgIpc) is 2.46. The highest BCUT2D eigenvalue weighted by atomic mass is 79.9. The molecule has 1 aromatic heterocycles. The number of hydrogen-bond donors (Lipinski definition) is 1. The molecule has 1 N–H and O–H groups in total. The number of aromatic nitrogens is 1. The van der Waals surface area contributed by atoms with Crippen LogP contribution in [0.4, 0.5) is 11.4 Å². The summed E-state index contributed by atoms with van der Waals surface area (Å²) in [5, 5.41) is 13.8. The van der Waals surface area contributed by atoms with E-state index in [0.717, 1.165) is 11.3 Å². The zero-order valence-corrected chi connectivity index (χ0v) is 12.3. The average molecular weight is 338 g/mol. The number of benzene rings is 1. The minimum atomic E-state index is -0.432. The number of halogens is 1. The third-order valence-electron chi connectivity index (χ3n) is 2.68. The van der Waals surface area contributed by atoms with Crippen molar-refractivity contribution >= 4 is 27.3 Å². The SMILES string of the molecule is COc1ncccc1CNc1ccc([N+](=O)[O-])cc1Br. The number of rotatable bonds is 5. The number of anilines is 1. The first-order valence-corrected chi connectivity index (χ1v) is 6.57. The van der Waals surface area contributed by atoms with Gasteiger partial charge in [-0.15, -0.1) is 0 Å². The number of pyridine rings is 1. The standard InChI is InChI=1S/C13H12BrN3O3/c1-20-13-9(3-2-6-15-13)8-16-12-5-4-10(17(18)19)7-11(12)14/h2-7,16H,8H2,1H3. The van der Waals surface area contributed by atoms with Crippen molar-refractivity contribution in [2.24, 2.45) is 0 Å². The van der Waals surface area contributed by atoms with Gasteiger partial charge in [-0.3, -0.25) is 10.1 Å². The molecule has 0 atom stereocenters. The van der Waals surface area contributed by atoms with Crippen LogP contribution in [0.3, 0.4) is 0 Å². The maximum Gasteiger partial charge on any atom is 0.270 e. The van der Waals surface area contributed by atoms with E-state index in [-0.39, 0.29) is 5.69 Å². The molecule has 6 nitrogen and oxygen atoms in total. The van der Waals surface area contributed by atoms with E-state index in [1.807, 2.05) is 12.1 Å². The summed E-state index contributed by atoms with van der Waals surface area (Å²) in [6.07, 6.45) is 1.66. The van der Waals surface area contributed by atoms with E-state index in [0.29, 0.717) is 16.9 Å². The number of nitro benzene ring substituents is 1. The molecule has 0 radical (unpaired) electrons. The minimum Gasteiger partial charge on any atom is -0.481 e. The molecule has 104 valence electrons. The summed E-state index contributed by atoms with van der Waals surface area (Å²) in [5.41, 5.74) is 1.71. The zero-order valence-electron chi connectivity index (χ0n) is 10.7. The summed E-state index contributed by atoms with van der Waals surface area (Å²) in [4.78, 5) is 14.3. The van der Waals surface area contributed by atoms with E-state index in [1.54, 1.807) is 19.4 Å². The highest BCUT2D eigenvalue weighted by Gasteiger charge is 2.09. The number of non-ortho nitro benzene ring substituents is 1. The number of nitrogens with zero attached hydrogens (tertiary/aromatic N) is 2. The van der Waals surface area contributed by atoms with Crippen LogP contribution in [0.2, 0.25) is 0 Å². The summed E-state index contributed by atoms with van der Waals surface area (Å²) in [6, 6.07) is 8.30. The molecule has 1 aromatic carbocycles. The molecule has 7 heteroatoms. The van der Waals surface area contributed by atoms with Gasteiger partial charge in [-0.05, 0) is 28.1 Å². The second-order valence-corrected chi connectivity index (χ2v) is 4.80. The van der Waals surface area contributed by atoms with E-state index in [2.05, 4.69) is 26.2 Å². The summed E-state index contributed by atoms with van der Waals surface area (Å²) in [6.45, 7) is 0.507. The Labute approximate surface area is 124 Å². The lowest BCUT2D eigenvalue weighted by Gasteiger charge is -2.10. The van der Waals surface area contributed by atoms with E-state index in [9.17, 15) is 10.1 Å². The molecule has 0 fully saturated rings. The predicted octanol–water partition coefficient (Wildman–Crippen LogP) is 3.37. The first kappa shape index (κ1) is 14.3. The van der Waals surface area contributed by atoms with Gasteiger partial charge in [0.25, 0.3) is 5.69 Å². The summed E-state index contributed by atoms with van der Waals surface area (Å²) >= 11 is 3.31. The second-order valence-electron chi connectivity index (χ2n) is 3.95. The second kappa shape index (κ2) is 6.33. The number of nitro groups is 1. The first-order chi connectivity index (χ1) is 9.61. The quantitative estimate of drug-likeness (QED) is 0.668. The van der Waals surface area contributed by atoms with Gasteiger partial charge >= 0.3 is 0 Å². The van der Waals surface area contributed by atoms with Crippen molar-refractivity contribution < 1.29 is 9.66 Å². The van der Waals surface area contributed by atoms with Gasteiger partial charge in [-0.25, -0.2) is 4.98 Å². The van der Waals surface area contributed by atoms with E-state index in [1.165, 1.54) is 12.1 Å². The maximum absolute atomic E-state index is 10.7. The van der Waals surface area contributed by atoms with Crippen LogP contribution < -0.4 is 10.1 Å². The predicted molar refractivity (Wildman–Crippen MR) is 78.9 cm³/mol. The van der Waals surface area contributed by atoms with Crippen molar-refractivity contribution in [3.05, 3.63) is 56.7 Å². The third kappa shape index (κ3) is 3.24. The highest BCUT2D eigenvalue weighted by Crippen LogP contribution is 2.28. The molecule has 0 bridgehead atoms. The fraction of sp³-hybridized carbons (Fsp3) is 0.154. The fourth-order valence-corrected chi connectivity index (χ4v) is 2.20. The van der Waals surface area contributed by atoms with E-state index in [4.69, 9.17) is 4.74 Å². The molecule has 2 rings (SSSR count). The molecule has 1 heterocycles. The third-order valence-corrected chi connectivity index (χ3v) is 3.33. The number of methoxy groups -OCH3 is 1. The molecule has 0 aliphatic carbocycles. The molecule has 0 spiro atoms. The molecule has 2 aromatic rings. The van der Waals surface area contributed by atoms with Crippen LogP contribution in [0, 0.1) is 10.1 Å². The largest absolute Gasteiger partial charge is 0.481 e. The molecule has 0 unspecified atom stereocenters. The van der Waals surface area contributed by atoms with Crippen LogP contribution in [-0.2, 0) is 6.54 Å². The van der Waals surface area contributed by atoms with Gasteiger partial charge < -0.3 is 10.1 Å². The van der Waals surface area contributed by atoms with Crippen LogP contribution in [0.25, 0.3) is 0 Å². The van der Waals surface area contributed by atoms with Crippen LogP contribution in [0.15, 0.2) is 41.0 Å². The van der Waals surface area contributed by atoms with Crippen molar-refractivity contribution in [2.45, 2.75) is 6.54 Å². The Bertz CT molecular complexity index is 634. The molecule has 20 heavy (non-hydrogen) atoms. The lowest BCUT2D eigenvalue weighted by molar-refractivity contribution is -0.384. The number of ether oxygens (including phenoxy) is 1. The minimum absolute atomic E-state index is 0.0429. The highest BCUT2D eigenvalue weighted by molar-refractivity contribution is 9.10. The van der Waals surface area contributed by atoms with Gasteiger partial charge in [-0.1, -0.05) is 6.07 Å². The van der Waals surface area contributed by atoms with Gasteiger partial charge in [-0.2, -0.15) is 0 Å². The van der Waals surface area contributed by atoms with Crippen LogP contribution in [-0.4, -0.2) is 17.0 Å². The topological polar surface area (TPSA) is 77.3 Å². The fourth-order valence-electron chi connectivity index (χ4n) is 1.69. The Kier molecular flexibility index (Phi) is 4.52. The Morgan fingerprint density at radius 3 is 2.90 bits per heavy atom. The van der Waals surface area contributed by atoms with Gasteiger partial charge in [0.05, 0.1) is 12.0 Å². The number of hydrogen-bond acceptors (Lipinski definition) is 5. The summed E-state index contributed by atoms with van der Waals surface area (Å²) < 4.78 is 5.80. The Morgan fingerprint density at radius 1 is 1.45 bits per heavy atom. The zero-order chi connectivity index (χ0) is 14.5. The lowest BCUT2D eigenvalue weighted by atomic mass is 10.2. The van der Waals surface area contributed by atoms with Gasteiger partial charge in [0.1, 0.15) is 0 Å². The molecule has 0 saturated heterocycles. The Morgan fingerprint density at radius 2 is 2.25 bits per heavy atom. The van der Waals surface area contributed by atoms with Gasteiger partial charge in [0, 0.05) is 40.6 Å². The maximum atomic E-state index is 10.7. The van der Waals surface area contributed by atoms with Gasteiger partial charge in [0.2, 0.25) is 5.88 Å². The molecule has 0 aliphatic rings. The van der Waals surface area contributed by atoms with Crippen molar-refractivity contribution in [1.29, 1.82) is 0 Å². The Balaban J connectivity index is 2.13. The Hall–Kier alpha value is -2.15. The molecule has 0 aliphatic heterocycles. The lowest BCUT2D eigenvalue weighted by Crippen LogP contribution is -2.03. The number of nitrogens with one attached hydrogen (secondary N) is 1. The van der Waals surface area contributed by atoms with Crippen LogP contribution in [0.5, 0.6) is 5.88 Å².